The van der Waals surface area contributed by atoms with Crippen LogP contribution in [0.25, 0.3) is 10.9 Å². The van der Waals surface area contributed by atoms with Crippen LogP contribution in [0.2, 0.25) is 0 Å². The maximum atomic E-state index is 11.3. The molecule has 0 aliphatic carbocycles. The predicted molar refractivity (Wildman–Crippen MR) is 155 cm³/mol. The first-order valence-electron chi connectivity index (χ1n) is 12.8. The molecule has 6 aromatic rings. The Morgan fingerprint density at radius 2 is 1.45 bits per heavy atom. The van der Waals surface area contributed by atoms with Crippen LogP contribution in [0.1, 0.15) is 27.0 Å². The molecule has 0 radical (unpaired) electrons. The van der Waals surface area contributed by atoms with Crippen molar-refractivity contribution in [3.63, 3.8) is 0 Å². The second kappa shape index (κ2) is 10.6. The molecule has 0 unspecified atom stereocenters. The summed E-state index contributed by atoms with van der Waals surface area (Å²) < 4.78 is 3.71. The van der Waals surface area contributed by atoms with E-state index in [4.69, 9.17) is 0 Å². The highest BCUT2D eigenvalue weighted by molar-refractivity contribution is 5.93. The van der Waals surface area contributed by atoms with E-state index >= 15 is 0 Å². The Bertz CT molecular complexity index is 1730. The van der Waals surface area contributed by atoms with Gasteiger partial charge in [0.15, 0.2) is 0 Å². The highest BCUT2D eigenvalue weighted by atomic mass is 16.4. The average Bonchev–Trinajstić information content (AvgIpc) is 3.64. The molecule has 0 bridgehead atoms. The van der Waals surface area contributed by atoms with E-state index in [1.807, 2.05) is 24.4 Å². The van der Waals surface area contributed by atoms with Gasteiger partial charge in [0.05, 0.1) is 23.8 Å². The lowest BCUT2D eigenvalue weighted by Gasteiger charge is -2.38. The first-order valence-corrected chi connectivity index (χ1v) is 12.8. The van der Waals surface area contributed by atoms with Crippen LogP contribution in [0, 0.1) is 12.0 Å². The molecule has 2 N–H and O–H groups in total. The van der Waals surface area contributed by atoms with Crippen molar-refractivity contribution in [3.8, 4) is 12.0 Å². The van der Waals surface area contributed by atoms with E-state index in [2.05, 4.69) is 105 Å². The molecule has 0 saturated heterocycles. The number of carboxylic acids is 1. The van der Waals surface area contributed by atoms with Crippen LogP contribution in [-0.4, -0.2) is 37.0 Å². The summed E-state index contributed by atoms with van der Waals surface area (Å²) in [5.41, 5.74) is 3.58. The van der Waals surface area contributed by atoms with Crippen LogP contribution in [-0.2, 0) is 5.54 Å². The molecule has 4 aromatic carbocycles. The monoisotopic (exact) mass is 523 g/mol. The van der Waals surface area contributed by atoms with E-state index in [1.54, 1.807) is 35.3 Å². The lowest BCUT2D eigenvalue weighted by molar-refractivity contribution is 0.0697. The van der Waals surface area contributed by atoms with Crippen LogP contribution in [0.3, 0.4) is 0 Å². The van der Waals surface area contributed by atoms with Gasteiger partial charge in [-0.15, -0.1) is 0 Å². The Kier molecular flexibility index (Phi) is 6.57. The van der Waals surface area contributed by atoms with Gasteiger partial charge in [0.2, 0.25) is 5.95 Å². The lowest BCUT2D eigenvalue weighted by Crippen LogP contribution is -2.38. The topological polar surface area (TPSA) is 85.0 Å². The van der Waals surface area contributed by atoms with Crippen molar-refractivity contribution in [3.05, 3.63) is 150 Å². The zero-order valence-corrected chi connectivity index (χ0v) is 21.5. The summed E-state index contributed by atoms with van der Waals surface area (Å²) in [6, 6.07) is 39.1. The van der Waals surface area contributed by atoms with Crippen molar-refractivity contribution in [2.24, 2.45) is 0 Å². The minimum absolute atomic E-state index is 0.215. The van der Waals surface area contributed by atoms with Gasteiger partial charge < -0.3 is 10.4 Å². The molecule has 0 spiro atoms. The van der Waals surface area contributed by atoms with Crippen molar-refractivity contribution in [1.82, 2.24) is 19.3 Å². The summed E-state index contributed by atoms with van der Waals surface area (Å²) in [5, 5.41) is 17.7. The number of carboxylic acid groups (broad SMARTS) is 1. The van der Waals surface area contributed by atoms with Gasteiger partial charge in [-0.2, -0.15) is 9.78 Å². The molecule has 194 valence electrons. The van der Waals surface area contributed by atoms with Gasteiger partial charge in [0.25, 0.3) is 0 Å². The molecule has 2 heterocycles. The smallest absolute Gasteiger partial charge is 0.335 e. The van der Waals surface area contributed by atoms with Gasteiger partial charge in [-0.25, -0.2) is 9.78 Å². The van der Waals surface area contributed by atoms with Gasteiger partial charge in [0, 0.05) is 23.8 Å². The van der Waals surface area contributed by atoms with Crippen LogP contribution in [0.4, 0.5) is 5.95 Å². The Morgan fingerprint density at radius 1 is 0.850 bits per heavy atom. The molecule has 0 fully saturated rings. The second-order valence-corrected chi connectivity index (χ2v) is 9.21. The van der Waals surface area contributed by atoms with Crippen molar-refractivity contribution in [2.75, 3.05) is 11.9 Å². The lowest BCUT2D eigenvalue weighted by atomic mass is 9.76. The average molecular weight is 524 g/mol. The Morgan fingerprint density at radius 3 is 2.02 bits per heavy atom. The van der Waals surface area contributed by atoms with E-state index in [0.29, 0.717) is 12.5 Å². The number of fused-ring (bicyclic) bond motifs is 1. The minimum atomic E-state index is -0.974. The number of anilines is 1. The summed E-state index contributed by atoms with van der Waals surface area (Å²) in [6.45, 7) is 0.319. The molecule has 0 amide bonds. The molecule has 0 saturated carbocycles. The molecule has 6 rings (SSSR count). The number of carbonyl (C=O) groups is 1. The van der Waals surface area contributed by atoms with Crippen molar-refractivity contribution >= 4 is 22.8 Å². The standard InChI is InChI=1S/C33H25N5O2/c39-31(40)25-17-18-30-26(23-25)24-36-38(30)21-10-19-34-32-35-20-22-37(32)33(27-11-4-1-5-12-27,28-13-6-2-7-14-28)29-15-8-3-9-16-29/h1-9,11-18,20,22-24H,19H2,(H,34,35)(H,39,40). The number of benzene rings is 4. The molecule has 0 aliphatic rings. The van der Waals surface area contributed by atoms with Gasteiger partial charge in [0.1, 0.15) is 5.54 Å². The molecule has 0 aliphatic heterocycles. The number of hydrogen-bond donors (Lipinski definition) is 2. The van der Waals surface area contributed by atoms with Crippen molar-refractivity contribution < 1.29 is 9.90 Å². The van der Waals surface area contributed by atoms with Crippen LogP contribution >= 0.6 is 0 Å². The zero-order valence-electron chi connectivity index (χ0n) is 21.5. The first-order chi connectivity index (χ1) is 19.7. The van der Waals surface area contributed by atoms with E-state index in [9.17, 15) is 9.90 Å². The molecule has 40 heavy (non-hydrogen) atoms. The fraction of sp³-hybridized carbons (Fsp3) is 0.0606. The third-order valence-corrected chi connectivity index (χ3v) is 6.91. The van der Waals surface area contributed by atoms with Crippen molar-refractivity contribution in [1.29, 1.82) is 0 Å². The largest absolute Gasteiger partial charge is 0.478 e. The van der Waals surface area contributed by atoms with Crippen LogP contribution < -0.4 is 5.32 Å². The summed E-state index contributed by atoms with van der Waals surface area (Å²) in [5.74, 6) is 2.82. The highest BCUT2D eigenvalue weighted by Crippen LogP contribution is 2.42. The van der Waals surface area contributed by atoms with E-state index in [0.717, 1.165) is 27.6 Å². The second-order valence-electron chi connectivity index (χ2n) is 9.21. The third kappa shape index (κ3) is 4.38. The van der Waals surface area contributed by atoms with Gasteiger partial charge in [-0.1, -0.05) is 96.9 Å². The number of rotatable bonds is 7. The zero-order chi connectivity index (χ0) is 27.4. The Labute approximate surface area is 231 Å². The van der Waals surface area contributed by atoms with Gasteiger partial charge in [-0.3, -0.25) is 4.57 Å². The SMILES string of the molecule is O=C(O)c1ccc2c(cnn2C#CCNc2nccn2C(c2ccccc2)(c2ccccc2)c2ccccc2)c1. The Balaban J connectivity index is 1.38. The van der Waals surface area contributed by atoms with Gasteiger partial charge in [-0.05, 0) is 34.9 Å². The highest BCUT2D eigenvalue weighted by Gasteiger charge is 2.39. The molecule has 0 atom stereocenters. The quantitative estimate of drug-likeness (QED) is 0.207. The summed E-state index contributed by atoms with van der Waals surface area (Å²) >= 11 is 0. The Hall–Kier alpha value is -5.61. The maximum Gasteiger partial charge on any atom is 0.335 e. The number of nitrogens with zero attached hydrogens (tertiary/aromatic N) is 4. The van der Waals surface area contributed by atoms with Gasteiger partial charge >= 0.3 is 5.97 Å². The predicted octanol–water partition coefficient (Wildman–Crippen LogP) is 5.69. The van der Waals surface area contributed by atoms with Crippen molar-refractivity contribution in [2.45, 2.75) is 5.54 Å². The number of hydrogen-bond acceptors (Lipinski definition) is 4. The molecule has 2 aromatic heterocycles. The summed E-state index contributed by atoms with van der Waals surface area (Å²) in [6.07, 6.45) is 5.40. The fourth-order valence-electron chi connectivity index (χ4n) is 5.15. The van der Waals surface area contributed by atoms with E-state index < -0.39 is 11.5 Å². The maximum absolute atomic E-state index is 11.3. The molecule has 7 heteroatoms. The molecular weight excluding hydrogens is 498 g/mol. The van der Waals surface area contributed by atoms with E-state index in [1.165, 1.54) is 0 Å². The van der Waals surface area contributed by atoms with Crippen LogP contribution in [0.5, 0.6) is 0 Å². The first kappa shape index (κ1) is 24.7. The third-order valence-electron chi connectivity index (χ3n) is 6.91. The van der Waals surface area contributed by atoms with Crippen LogP contribution in [0.15, 0.2) is 128 Å². The number of aromatic carboxylic acids is 1. The summed E-state index contributed by atoms with van der Waals surface area (Å²) in [7, 11) is 0. The number of nitrogens with one attached hydrogen (secondary N) is 1. The number of aromatic nitrogens is 4. The van der Waals surface area contributed by atoms with E-state index in [-0.39, 0.29) is 5.56 Å². The fourth-order valence-corrected chi connectivity index (χ4v) is 5.15. The summed E-state index contributed by atoms with van der Waals surface area (Å²) in [4.78, 5) is 15.9. The minimum Gasteiger partial charge on any atom is -0.478 e. The number of imidazole rings is 1. The molecular formula is C33H25N5O2. The normalized spacial score (nSPS) is 11.1. The molecule has 7 nitrogen and oxygen atoms in total.